The van der Waals surface area contributed by atoms with Gasteiger partial charge in [0, 0.05) is 16.7 Å². The van der Waals surface area contributed by atoms with Crippen LogP contribution in [0.15, 0.2) is 29.2 Å². The van der Waals surface area contributed by atoms with E-state index in [9.17, 15) is 4.21 Å². The molecule has 0 saturated carbocycles. The van der Waals surface area contributed by atoms with Crippen LogP contribution >= 0.6 is 0 Å². The highest BCUT2D eigenvalue weighted by molar-refractivity contribution is 7.85. The summed E-state index contributed by atoms with van der Waals surface area (Å²) in [6, 6.07) is 8.24. The van der Waals surface area contributed by atoms with Gasteiger partial charge in [-0.3, -0.25) is 4.21 Å². The summed E-state index contributed by atoms with van der Waals surface area (Å²) in [4.78, 5) is 0.933. The maximum absolute atomic E-state index is 12.4. The number of hydrogen-bond acceptors (Lipinski definition) is 2. The normalized spacial score (nSPS) is 15.4. The summed E-state index contributed by atoms with van der Waals surface area (Å²) in [5.41, 5.74) is 1.28. The summed E-state index contributed by atoms with van der Waals surface area (Å²) >= 11 is 0. The van der Waals surface area contributed by atoms with E-state index < -0.39 is 10.8 Å². The summed E-state index contributed by atoms with van der Waals surface area (Å²) in [6.45, 7) is 11.6. The predicted molar refractivity (Wildman–Crippen MR) is 79.4 cm³/mol. The first kappa shape index (κ1) is 15.4. The minimum atomic E-state index is -0.934. The van der Waals surface area contributed by atoms with Gasteiger partial charge in [0.15, 0.2) is 0 Å². The van der Waals surface area contributed by atoms with Gasteiger partial charge in [0.1, 0.15) is 0 Å². The molecule has 1 aromatic rings. The number of aryl methyl sites for hydroxylation is 1. The molecule has 3 heteroatoms. The van der Waals surface area contributed by atoms with Gasteiger partial charge in [-0.1, -0.05) is 39.8 Å². The zero-order valence-corrected chi connectivity index (χ0v) is 12.9. The van der Waals surface area contributed by atoms with E-state index in [1.54, 1.807) is 0 Å². The highest BCUT2D eigenvalue weighted by atomic mass is 32.2. The standard InChI is InChI=1S/C15H25NOS/c1-6-16-14(15(3,4)5)11-18(17)13-9-7-8-12(2)10-13/h7-10,14,16H,6,11H2,1-5H3. The molecule has 0 fully saturated rings. The minimum absolute atomic E-state index is 0.121. The van der Waals surface area contributed by atoms with Crippen LogP contribution in [0.5, 0.6) is 0 Å². The van der Waals surface area contributed by atoms with Crippen molar-refractivity contribution in [2.24, 2.45) is 5.41 Å². The van der Waals surface area contributed by atoms with Gasteiger partial charge in [-0.2, -0.15) is 0 Å². The van der Waals surface area contributed by atoms with Crippen molar-refractivity contribution in [3.8, 4) is 0 Å². The van der Waals surface area contributed by atoms with E-state index in [-0.39, 0.29) is 11.5 Å². The van der Waals surface area contributed by atoms with Crippen molar-refractivity contribution in [1.29, 1.82) is 0 Å². The number of nitrogens with one attached hydrogen (secondary N) is 1. The molecule has 0 aliphatic carbocycles. The fourth-order valence-electron chi connectivity index (χ4n) is 1.87. The van der Waals surface area contributed by atoms with Crippen molar-refractivity contribution in [3.05, 3.63) is 29.8 Å². The van der Waals surface area contributed by atoms with Crippen LogP contribution in [0, 0.1) is 12.3 Å². The summed E-state index contributed by atoms with van der Waals surface area (Å²) < 4.78 is 12.4. The highest BCUT2D eigenvalue weighted by Gasteiger charge is 2.25. The Morgan fingerprint density at radius 1 is 1.33 bits per heavy atom. The van der Waals surface area contributed by atoms with Gasteiger partial charge in [0.05, 0.1) is 10.8 Å². The molecular formula is C15H25NOS. The molecule has 0 heterocycles. The summed E-state index contributed by atoms with van der Waals surface area (Å²) in [7, 11) is -0.934. The average Bonchev–Trinajstić information content (AvgIpc) is 2.27. The molecule has 0 aliphatic heterocycles. The Kier molecular flexibility index (Phi) is 5.54. The maximum Gasteiger partial charge on any atom is 0.0545 e. The summed E-state index contributed by atoms with van der Waals surface area (Å²) in [6.07, 6.45) is 0. The lowest BCUT2D eigenvalue weighted by Gasteiger charge is -2.31. The third kappa shape index (κ3) is 4.54. The molecule has 18 heavy (non-hydrogen) atoms. The second-order valence-corrected chi connectivity index (χ2v) is 7.30. The molecule has 2 unspecified atom stereocenters. The Morgan fingerprint density at radius 2 is 2.00 bits per heavy atom. The third-order valence-electron chi connectivity index (χ3n) is 3.07. The van der Waals surface area contributed by atoms with Gasteiger partial charge in [0.2, 0.25) is 0 Å². The molecule has 2 nitrogen and oxygen atoms in total. The third-order valence-corrected chi connectivity index (χ3v) is 4.48. The molecule has 0 saturated heterocycles. The topological polar surface area (TPSA) is 29.1 Å². The van der Waals surface area contributed by atoms with Crippen LogP contribution in [0.4, 0.5) is 0 Å². The van der Waals surface area contributed by atoms with E-state index in [4.69, 9.17) is 0 Å². The van der Waals surface area contributed by atoms with Gasteiger partial charge >= 0.3 is 0 Å². The molecule has 0 bridgehead atoms. The van der Waals surface area contributed by atoms with Crippen molar-refractivity contribution in [2.75, 3.05) is 12.3 Å². The van der Waals surface area contributed by atoms with Crippen LogP contribution in [-0.2, 0) is 10.8 Å². The Labute approximate surface area is 114 Å². The van der Waals surface area contributed by atoms with Crippen LogP contribution in [0.2, 0.25) is 0 Å². The largest absolute Gasteiger partial charge is 0.313 e. The Hall–Kier alpha value is -0.670. The van der Waals surface area contributed by atoms with Crippen LogP contribution in [0.25, 0.3) is 0 Å². The first-order chi connectivity index (χ1) is 8.34. The molecule has 102 valence electrons. The molecule has 2 atom stereocenters. The van der Waals surface area contributed by atoms with E-state index in [1.165, 1.54) is 0 Å². The van der Waals surface area contributed by atoms with E-state index in [0.29, 0.717) is 5.75 Å². The van der Waals surface area contributed by atoms with E-state index in [2.05, 4.69) is 33.0 Å². The quantitative estimate of drug-likeness (QED) is 0.888. The lowest BCUT2D eigenvalue weighted by Crippen LogP contribution is -2.44. The summed E-state index contributed by atoms with van der Waals surface area (Å²) in [5, 5.41) is 3.44. The van der Waals surface area contributed by atoms with Crippen molar-refractivity contribution >= 4 is 10.8 Å². The minimum Gasteiger partial charge on any atom is -0.313 e. The van der Waals surface area contributed by atoms with Crippen molar-refractivity contribution in [2.45, 2.75) is 45.6 Å². The lowest BCUT2D eigenvalue weighted by molar-refractivity contribution is 0.294. The SMILES string of the molecule is CCNC(CS(=O)c1cccc(C)c1)C(C)(C)C. The van der Waals surface area contributed by atoms with Gasteiger partial charge < -0.3 is 5.32 Å². The van der Waals surface area contributed by atoms with E-state index >= 15 is 0 Å². The van der Waals surface area contributed by atoms with Gasteiger partial charge in [-0.05, 0) is 36.6 Å². The van der Waals surface area contributed by atoms with Gasteiger partial charge in [-0.15, -0.1) is 0 Å². The number of benzene rings is 1. The molecule has 0 aliphatic rings. The predicted octanol–water partition coefficient (Wildman–Crippen LogP) is 3.13. The Morgan fingerprint density at radius 3 is 2.50 bits per heavy atom. The molecule has 1 aromatic carbocycles. The van der Waals surface area contributed by atoms with Crippen molar-refractivity contribution in [1.82, 2.24) is 5.32 Å². The second kappa shape index (κ2) is 6.48. The molecule has 0 amide bonds. The number of rotatable bonds is 5. The summed E-state index contributed by atoms with van der Waals surface area (Å²) in [5.74, 6) is 0.667. The zero-order valence-electron chi connectivity index (χ0n) is 12.1. The molecule has 0 radical (unpaired) electrons. The van der Waals surface area contributed by atoms with Crippen LogP contribution in [0.1, 0.15) is 33.3 Å². The van der Waals surface area contributed by atoms with Crippen molar-refractivity contribution < 1.29 is 4.21 Å². The first-order valence-corrected chi connectivity index (χ1v) is 7.85. The number of hydrogen-bond donors (Lipinski definition) is 1. The molecular weight excluding hydrogens is 242 g/mol. The maximum atomic E-state index is 12.4. The Balaban J connectivity index is 2.79. The molecule has 1 rings (SSSR count). The van der Waals surface area contributed by atoms with Crippen LogP contribution in [-0.4, -0.2) is 22.5 Å². The Bertz CT molecular complexity index is 409. The fourth-order valence-corrected chi connectivity index (χ4v) is 3.53. The van der Waals surface area contributed by atoms with E-state index in [1.807, 2.05) is 31.2 Å². The van der Waals surface area contributed by atoms with Gasteiger partial charge in [-0.25, -0.2) is 0 Å². The lowest BCUT2D eigenvalue weighted by atomic mass is 9.88. The fraction of sp³-hybridized carbons (Fsp3) is 0.600. The monoisotopic (exact) mass is 267 g/mol. The zero-order chi connectivity index (χ0) is 13.8. The van der Waals surface area contributed by atoms with Crippen LogP contribution in [0.3, 0.4) is 0 Å². The second-order valence-electron chi connectivity index (χ2n) is 5.80. The van der Waals surface area contributed by atoms with E-state index in [0.717, 1.165) is 17.0 Å². The van der Waals surface area contributed by atoms with Crippen LogP contribution < -0.4 is 5.32 Å². The first-order valence-electron chi connectivity index (χ1n) is 6.53. The highest BCUT2D eigenvalue weighted by Crippen LogP contribution is 2.22. The smallest absolute Gasteiger partial charge is 0.0545 e. The van der Waals surface area contributed by atoms with Gasteiger partial charge in [0.25, 0.3) is 0 Å². The molecule has 0 spiro atoms. The average molecular weight is 267 g/mol. The molecule has 0 aromatic heterocycles. The van der Waals surface area contributed by atoms with Crippen molar-refractivity contribution in [3.63, 3.8) is 0 Å². The molecule has 1 N–H and O–H groups in total.